The van der Waals surface area contributed by atoms with Crippen LogP contribution < -0.4 is 15.6 Å². The highest BCUT2D eigenvalue weighted by atomic mass is 16.5. The van der Waals surface area contributed by atoms with Crippen LogP contribution in [0.3, 0.4) is 0 Å². The molecule has 0 saturated heterocycles. The Balaban J connectivity index is 2.11. The van der Waals surface area contributed by atoms with Crippen LogP contribution in [0.1, 0.15) is 29.7 Å². The fraction of sp³-hybridized carbons (Fsp3) is 0.333. The van der Waals surface area contributed by atoms with Crippen LogP contribution >= 0.6 is 0 Å². The predicted molar refractivity (Wildman–Crippen MR) is 89.7 cm³/mol. The van der Waals surface area contributed by atoms with Gasteiger partial charge in [-0.1, -0.05) is 23.8 Å². The molecule has 0 bridgehead atoms. The molecule has 0 spiro atoms. The standard InChI is InChI=1S/C18H22N2O3/c1-12-7-8-13(2)15(10-12)14(3)19-17(21)11-20-9-5-6-16(23-4)18(20)22/h5-10,14H,11H2,1-4H3,(H,19,21). The molecule has 122 valence electrons. The molecule has 5 heteroatoms. The van der Waals surface area contributed by atoms with Crippen LogP contribution in [0.15, 0.2) is 41.3 Å². The second kappa shape index (κ2) is 7.13. The molecule has 5 nitrogen and oxygen atoms in total. The number of rotatable bonds is 5. The number of carbonyl (C=O) groups excluding carboxylic acids is 1. The van der Waals surface area contributed by atoms with Crippen molar-refractivity contribution in [1.82, 2.24) is 9.88 Å². The summed E-state index contributed by atoms with van der Waals surface area (Å²) in [4.78, 5) is 24.3. The normalized spacial score (nSPS) is 11.8. The van der Waals surface area contributed by atoms with Gasteiger partial charge in [0.05, 0.1) is 13.2 Å². The van der Waals surface area contributed by atoms with Gasteiger partial charge in [-0.15, -0.1) is 0 Å². The van der Waals surface area contributed by atoms with Crippen molar-refractivity contribution in [3.63, 3.8) is 0 Å². The predicted octanol–water partition coefficient (Wildman–Crippen LogP) is 2.35. The highest BCUT2D eigenvalue weighted by Gasteiger charge is 2.13. The van der Waals surface area contributed by atoms with Gasteiger partial charge in [-0.3, -0.25) is 9.59 Å². The molecule has 1 atom stereocenters. The number of carbonyl (C=O) groups is 1. The van der Waals surface area contributed by atoms with Gasteiger partial charge in [-0.05, 0) is 44.0 Å². The minimum absolute atomic E-state index is 0.0365. The van der Waals surface area contributed by atoms with E-state index in [1.54, 1.807) is 18.3 Å². The number of hydrogen-bond acceptors (Lipinski definition) is 3. The van der Waals surface area contributed by atoms with Gasteiger partial charge < -0.3 is 14.6 Å². The molecular weight excluding hydrogens is 292 g/mol. The third-order valence-electron chi connectivity index (χ3n) is 3.80. The number of methoxy groups -OCH3 is 1. The smallest absolute Gasteiger partial charge is 0.293 e. The quantitative estimate of drug-likeness (QED) is 0.921. The van der Waals surface area contributed by atoms with Gasteiger partial charge in [0.25, 0.3) is 5.56 Å². The Morgan fingerprint density at radius 1 is 1.30 bits per heavy atom. The molecule has 0 radical (unpaired) electrons. The number of ether oxygens (including phenoxy) is 1. The van der Waals surface area contributed by atoms with Gasteiger partial charge in [0.1, 0.15) is 6.54 Å². The van der Waals surface area contributed by atoms with Crippen molar-refractivity contribution in [2.45, 2.75) is 33.4 Å². The summed E-state index contributed by atoms with van der Waals surface area (Å²) >= 11 is 0. The first-order valence-electron chi connectivity index (χ1n) is 7.52. The summed E-state index contributed by atoms with van der Waals surface area (Å²) in [6.07, 6.45) is 1.58. The van der Waals surface area contributed by atoms with Gasteiger partial charge in [-0.2, -0.15) is 0 Å². The minimum Gasteiger partial charge on any atom is -0.491 e. The fourth-order valence-corrected chi connectivity index (χ4v) is 2.54. The van der Waals surface area contributed by atoms with Crippen LogP contribution in [-0.4, -0.2) is 17.6 Å². The molecular formula is C18H22N2O3. The monoisotopic (exact) mass is 314 g/mol. The topological polar surface area (TPSA) is 60.3 Å². The van der Waals surface area contributed by atoms with E-state index in [2.05, 4.69) is 11.4 Å². The zero-order valence-corrected chi connectivity index (χ0v) is 13.9. The van der Waals surface area contributed by atoms with Crippen molar-refractivity contribution < 1.29 is 9.53 Å². The fourth-order valence-electron chi connectivity index (χ4n) is 2.54. The van der Waals surface area contributed by atoms with E-state index in [0.717, 1.165) is 16.7 Å². The summed E-state index contributed by atoms with van der Waals surface area (Å²) < 4.78 is 6.32. The maximum atomic E-state index is 12.2. The molecule has 2 aromatic rings. The Morgan fingerprint density at radius 2 is 2.04 bits per heavy atom. The number of nitrogens with one attached hydrogen (secondary N) is 1. The highest BCUT2D eigenvalue weighted by molar-refractivity contribution is 5.76. The lowest BCUT2D eigenvalue weighted by atomic mass is 10.00. The van der Waals surface area contributed by atoms with Crippen molar-refractivity contribution in [2.75, 3.05) is 7.11 Å². The summed E-state index contributed by atoms with van der Waals surface area (Å²) in [6, 6.07) is 9.29. The maximum absolute atomic E-state index is 12.2. The number of nitrogens with zero attached hydrogens (tertiary/aromatic N) is 1. The van der Waals surface area contributed by atoms with Crippen molar-refractivity contribution in [3.8, 4) is 5.75 Å². The van der Waals surface area contributed by atoms with Crippen molar-refractivity contribution in [1.29, 1.82) is 0 Å². The van der Waals surface area contributed by atoms with Crippen molar-refractivity contribution in [2.24, 2.45) is 0 Å². The highest BCUT2D eigenvalue weighted by Crippen LogP contribution is 2.18. The first kappa shape index (κ1) is 16.8. The van der Waals surface area contributed by atoms with Gasteiger partial charge >= 0.3 is 0 Å². The first-order chi connectivity index (χ1) is 10.9. The Bertz CT molecular complexity index is 765. The van der Waals surface area contributed by atoms with Gasteiger partial charge in [0, 0.05) is 6.20 Å². The third kappa shape index (κ3) is 4.00. The SMILES string of the molecule is COc1cccn(CC(=O)NC(C)c2cc(C)ccc2C)c1=O. The van der Waals surface area contributed by atoms with E-state index >= 15 is 0 Å². The molecule has 23 heavy (non-hydrogen) atoms. The molecule has 0 aliphatic rings. The average Bonchev–Trinajstić information content (AvgIpc) is 2.51. The Labute approximate surface area is 135 Å². The largest absolute Gasteiger partial charge is 0.491 e. The van der Waals surface area contributed by atoms with Crippen LogP contribution in [0.5, 0.6) is 5.75 Å². The Morgan fingerprint density at radius 3 is 2.74 bits per heavy atom. The number of hydrogen-bond donors (Lipinski definition) is 1. The summed E-state index contributed by atoms with van der Waals surface area (Å²) in [5.74, 6) is 0.0108. The van der Waals surface area contributed by atoms with Crippen LogP contribution in [0.2, 0.25) is 0 Å². The minimum atomic E-state index is -0.315. The maximum Gasteiger partial charge on any atom is 0.293 e. The van der Waals surface area contributed by atoms with Crippen molar-refractivity contribution in [3.05, 3.63) is 63.6 Å². The summed E-state index contributed by atoms with van der Waals surface area (Å²) in [7, 11) is 1.43. The van der Waals surface area contributed by atoms with Crippen LogP contribution in [0.25, 0.3) is 0 Å². The molecule has 2 rings (SSSR count). The van der Waals surface area contributed by atoms with Crippen LogP contribution in [0.4, 0.5) is 0 Å². The van der Waals surface area contributed by atoms with Gasteiger partial charge in [-0.25, -0.2) is 0 Å². The lowest BCUT2D eigenvalue weighted by molar-refractivity contribution is -0.122. The molecule has 0 aliphatic carbocycles. The van der Waals surface area contributed by atoms with E-state index in [4.69, 9.17) is 4.74 Å². The van der Waals surface area contributed by atoms with E-state index in [1.807, 2.05) is 32.9 Å². The molecule has 0 saturated carbocycles. The van der Waals surface area contributed by atoms with Gasteiger partial charge in [0.15, 0.2) is 5.75 Å². The second-order valence-electron chi connectivity index (χ2n) is 5.66. The number of aromatic nitrogens is 1. The van der Waals surface area contributed by atoms with Crippen molar-refractivity contribution >= 4 is 5.91 Å². The van der Waals surface area contributed by atoms with E-state index < -0.39 is 0 Å². The number of benzene rings is 1. The Kier molecular flexibility index (Phi) is 5.21. The number of pyridine rings is 1. The average molecular weight is 314 g/mol. The summed E-state index contributed by atoms with van der Waals surface area (Å²) in [5.41, 5.74) is 3.04. The lowest BCUT2D eigenvalue weighted by Crippen LogP contribution is -2.34. The zero-order chi connectivity index (χ0) is 17.0. The molecule has 1 aromatic heterocycles. The van der Waals surface area contributed by atoms with E-state index in [9.17, 15) is 9.59 Å². The number of amides is 1. The molecule has 1 amide bonds. The van der Waals surface area contributed by atoms with E-state index in [1.165, 1.54) is 11.7 Å². The molecule has 1 unspecified atom stereocenters. The molecule has 0 fully saturated rings. The molecule has 1 N–H and O–H groups in total. The summed E-state index contributed by atoms with van der Waals surface area (Å²) in [5, 5.41) is 2.94. The zero-order valence-electron chi connectivity index (χ0n) is 13.9. The summed E-state index contributed by atoms with van der Waals surface area (Å²) in [6.45, 7) is 5.94. The molecule has 1 heterocycles. The van der Waals surface area contributed by atoms with E-state index in [0.29, 0.717) is 0 Å². The first-order valence-corrected chi connectivity index (χ1v) is 7.52. The lowest BCUT2D eigenvalue weighted by Gasteiger charge is -2.18. The second-order valence-corrected chi connectivity index (χ2v) is 5.66. The molecule has 1 aromatic carbocycles. The van der Waals surface area contributed by atoms with Crippen LogP contribution in [-0.2, 0) is 11.3 Å². The Hall–Kier alpha value is -2.56. The third-order valence-corrected chi connectivity index (χ3v) is 3.80. The van der Waals surface area contributed by atoms with E-state index in [-0.39, 0.29) is 29.8 Å². The van der Waals surface area contributed by atoms with Gasteiger partial charge in [0.2, 0.25) is 5.91 Å². The number of aryl methyl sites for hydroxylation is 2. The van der Waals surface area contributed by atoms with Crippen LogP contribution in [0, 0.1) is 13.8 Å². The molecule has 0 aliphatic heterocycles.